The molecule has 0 aliphatic heterocycles. The van der Waals surface area contributed by atoms with E-state index in [4.69, 9.17) is 23.2 Å². The molecule has 0 bridgehead atoms. The highest BCUT2D eigenvalue weighted by Gasteiger charge is 2.29. The van der Waals surface area contributed by atoms with E-state index in [0.717, 1.165) is 10.6 Å². The third kappa shape index (κ3) is 6.35. The number of amides is 2. The van der Waals surface area contributed by atoms with Crippen molar-refractivity contribution in [2.24, 2.45) is 0 Å². The van der Waals surface area contributed by atoms with Crippen LogP contribution in [-0.2, 0) is 26.2 Å². The van der Waals surface area contributed by atoms with E-state index in [2.05, 4.69) is 5.32 Å². The standard InChI is InChI=1S/C20H23Cl2N3O4S/c1-14(20(27)23-2)24(12-15-5-4-6-17(22)11-15)19(26)13-25(30(3,28)29)18-9-7-16(21)8-10-18/h4-11,14H,12-13H2,1-3H3,(H,23,27)/t14-/m1/s1. The second kappa shape index (κ2) is 10.1. The highest BCUT2D eigenvalue weighted by molar-refractivity contribution is 7.92. The number of nitrogens with one attached hydrogen (secondary N) is 1. The van der Waals surface area contributed by atoms with Gasteiger partial charge in [0.25, 0.3) is 0 Å². The van der Waals surface area contributed by atoms with Gasteiger partial charge in [-0.1, -0.05) is 35.3 Å². The van der Waals surface area contributed by atoms with Gasteiger partial charge in [0.2, 0.25) is 21.8 Å². The summed E-state index contributed by atoms with van der Waals surface area (Å²) in [4.78, 5) is 26.7. The number of nitrogens with zero attached hydrogens (tertiary/aromatic N) is 2. The second-order valence-corrected chi connectivity index (χ2v) is 9.47. The average molecular weight is 472 g/mol. The molecule has 0 saturated heterocycles. The van der Waals surface area contributed by atoms with Crippen LogP contribution >= 0.6 is 23.2 Å². The van der Waals surface area contributed by atoms with Crippen molar-refractivity contribution in [2.75, 3.05) is 24.2 Å². The molecule has 0 fully saturated rings. The van der Waals surface area contributed by atoms with E-state index in [1.165, 1.54) is 36.2 Å². The molecule has 30 heavy (non-hydrogen) atoms. The summed E-state index contributed by atoms with van der Waals surface area (Å²) in [7, 11) is -2.30. The van der Waals surface area contributed by atoms with E-state index < -0.39 is 28.5 Å². The number of halogens is 2. The number of likely N-dealkylation sites (N-methyl/N-ethyl adjacent to an activating group) is 1. The molecule has 0 spiro atoms. The highest BCUT2D eigenvalue weighted by atomic mass is 35.5. The number of carbonyl (C=O) groups excluding carboxylic acids is 2. The summed E-state index contributed by atoms with van der Waals surface area (Å²) in [6.45, 7) is 1.20. The van der Waals surface area contributed by atoms with Crippen LogP contribution in [0.5, 0.6) is 0 Å². The van der Waals surface area contributed by atoms with Crippen LogP contribution in [0, 0.1) is 0 Å². The molecule has 10 heteroatoms. The zero-order chi connectivity index (χ0) is 22.5. The van der Waals surface area contributed by atoms with Crippen LogP contribution < -0.4 is 9.62 Å². The number of sulfonamides is 1. The van der Waals surface area contributed by atoms with Crippen LogP contribution in [0.1, 0.15) is 12.5 Å². The first-order valence-corrected chi connectivity index (χ1v) is 11.6. The molecule has 2 amide bonds. The first-order chi connectivity index (χ1) is 14.0. The molecule has 0 unspecified atom stereocenters. The summed E-state index contributed by atoms with van der Waals surface area (Å²) in [5, 5.41) is 3.44. The molecule has 1 N–H and O–H groups in total. The molecule has 162 valence electrons. The molecule has 0 aliphatic rings. The Labute approximate surface area is 186 Å². The summed E-state index contributed by atoms with van der Waals surface area (Å²) in [6.07, 6.45) is 1.01. The van der Waals surface area contributed by atoms with Gasteiger partial charge in [0.05, 0.1) is 11.9 Å². The largest absolute Gasteiger partial charge is 0.357 e. The molecule has 2 aromatic carbocycles. The first kappa shape index (κ1) is 24.0. The fourth-order valence-electron chi connectivity index (χ4n) is 2.84. The molecule has 0 radical (unpaired) electrons. The van der Waals surface area contributed by atoms with Gasteiger partial charge >= 0.3 is 0 Å². The molecule has 0 saturated carbocycles. The predicted octanol–water partition coefficient (Wildman–Crippen LogP) is 2.92. The van der Waals surface area contributed by atoms with E-state index in [1.54, 1.807) is 31.2 Å². The lowest BCUT2D eigenvalue weighted by molar-refractivity contribution is -0.139. The summed E-state index contributed by atoms with van der Waals surface area (Å²) < 4.78 is 25.7. The Kier molecular flexibility index (Phi) is 8.11. The minimum atomic E-state index is -3.77. The van der Waals surface area contributed by atoms with Crippen molar-refractivity contribution in [3.63, 3.8) is 0 Å². The van der Waals surface area contributed by atoms with Crippen LogP contribution in [0.4, 0.5) is 5.69 Å². The minimum Gasteiger partial charge on any atom is -0.357 e. The molecule has 0 heterocycles. The zero-order valence-corrected chi connectivity index (χ0v) is 19.1. The van der Waals surface area contributed by atoms with Crippen molar-refractivity contribution in [3.8, 4) is 0 Å². The first-order valence-electron chi connectivity index (χ1n) is 9.01. The molecule has 0 aliphatic carbocycles. The van der Waals surface area contributed by atoms with Crippen LogP contribution in [0.15, 0.2) is 48.5 Å². The van der Waals surface area contributed by atoms with Gasteiger partial charge in [0.1, 0.15) is 12.6 Å². The van der Waals surface area contributed by atoms with Gasteiger partial charge in [-0.05, 0) is 48.9 Å². The summed E-state index contributed by atoms with van der Waals surface area (Å²) in [6, 6.07) is 12.2. The Morgan fingerprint density at radius 3 is 2.23 bits per heavy atom. The fraction of sp³-hybridized carbons (Fsp3) is 0.300. The maximum absolute atomic E-state index is 13.2. The summed E-state index contributed by atoms with van der Waals surface area (Å²) in [5.41, 5.74) is 1.01. The van der Waals surface area contributed by atoms with Gasteiger partial charge in [-0.3, -0.25) is 13.9 Å². The summed E-state index contributed by atoms with van der Waals surface area (Å²) >= 11 is 11.9. The van der Waals surface area contributed by atoms with Crippen molar-refractivity contribution in [3.05, 3.63) is 64.1 Å². The highest BCUT2D eigenvalue weighted by Crippen LogP contribution is 2.21. The van der Waals surface area contributed by atoms with Gasteiger partial charge in [-0.25, -0.2) is 8.42 Å². The van der Waals surface area contributed by atoms with E-state index in [9.17, 15) is 18.0 Å². The normalized spacial score (nSPS) is 12.2. The van der Waals surface area contributed by atoms with Crippen molar-refractivity contribution < 1.29 is 18.0 Å². The number of anilines is 1. The smallest absolute Gasteiger partial charge is 0.244 e. The second-order valence-electron chi connectivity index (χ2n) is 6.69. The van der Waals surface area contributed by atoms with Gasteiger partial charge in [0, 0.05) is 23.6 Å². The van der Waals surface area contributed by atoms with Crippen molar-refractivity contribution in [2.45, 2.75) is 19.5 Å². The molecule has 7 nitrogen and oxygen atoms in total. The van der Waals surface area contributed by atoms with Gasteiger partial charge < -0.3 is 10.2 Å². The van der Waals surface area contributed by atoms with Gasteiger partial charge in [0.15, 0.2) is 0 Å². The Morgan fingerprint density at radius 2 is 1.70 bits per heavy atom. The van der Waals surface area contributed by atoms with Gasteiger partial charge in [-0.2, -0.15) is 0 Å². The Balaban J connectivity index is 2.36. The monoisotopic (exact) mass is 471 g/mol. The van der Waals surface area contributed by atoms with Crippen molar-refractivity contribution in [1.82, 2.24) is 10.2 Å². The molecular formula is C20H23Cl2N3O4S. The topological polar surface area (TPSA) is 86.8 Å². The number of benzene rings is 2. The quantitative estimate of drug-likeness (QED) is 0.640. The van der Waals surface area contributed by atoms with Crippen molar-refractivity contribution in [1.29, 1.82) is 0 Å². The molecular weight excluding hydrogens is 449 g/mol. The van der Waals surface area contributed by atoms with Crippen LogP contribution in [0.2, 0.25) is 10.0 Å². The van der Waals surface area contributed by atoms with Crippen LogP contribution in [0.25, 0.3) is 0 Å². The minimum absolute atomic E-state index is 0.0895. The third-order valence-electron chi connectivity index (χ3n) is 4.45. The predicted molar refractivity (Wildman–Crippen MR) is 119 cm³/mol. The number of rotatable bonds is 8. The maximum Gasteiger partial charge on any atom is 0.244 e. The Hall–Kier alpha value is -2.29. The number of hydrogen-bond acceptors (Lipinski definition) is 4. The number of carbonyl (C=O) groups is 2. The molecule has 1 atom stereocenters. The van der Waals surface area contributed by atoms with Crippen molar-refractivity contribution >= 4 is 50.7 Å². The van der Waals surface area contributed by atoms with Crippen LogP contribution in [0.3, 0.4) is 0 Å². The zero-order valence-electron chi connectivity index (χ0n) is 16.8. The Bertz CT molecular complexity index is 1010. The Morgan fingerprint density at radius 1 is 1.07 bits per heavy atom. The third-order valence-corrected chi connectivity index (χ3v) is 6.08. The lowest BCUT2D eigenvalue weighted by Crippen LogP contribution is -2.50. The summed E-state index contributed by atoms with van der Waals surface area (Å²) in [5.74, 6) is -0.908. The fourth-order valence-corrected chi connectivity index (χ4v) is 4.03. The SMILES string of the molecule is CNC(=O)[C@@H](C)N(Cc1cccc(Cl)c1)C(=O)CN(c1ccc(Cl)cc1)S(C)(=O)=O. The van der Waals surface area contributed by atoms with E-state index >= 15 is 0 Å². The van der Waals surface area contributed by atoms with E-state index in [0.29, 0.717) is 21.3 Å². The van der Waals surface area contributed by atoms with Crippen LogP contribution in [-0.4, -0.2) is 51.0 Å². The lowest BCUT2D eigenvalue weighted by atomic mass is 10.1. The lowest BCUT2D eigenvalue weighted by Gasteiger charge is -2.31. The number of hydrogen-bond donors (Lipinski definition) is 1. The average Bonchev–Trinajstić information content (AvgIpc) is 2.69. The molecule has 2 aromatic rings. The molecule has 0 aromatic heterocycles. The van der Waals surface area contributed by atoms with Gasteiger partial charge in [-0.15, -0.1) is 0 Å². The molecule has 2 rings (SSSR count). The van der Waals surface area contributed by atoms with E-state index in [-0.39, 0.29) is 12.5 Å². The van der Waals surface area contributed by atoms with E-state index in [1.807, 2.05) is 0 Å². The maximum atomic E-state index is 13.2.